The topological polar surface area (TPSA) is 59.6 Å². The van der Waals surface area contributed by atoms with Gasteiger partial charge in [0.15, 0.2) is 11.5 Å². The number of carbonyl (C=O) groups is 1. The number of halogens is 1. The van der Waals surface area contributed by atoms with Crippen LogP contribution in [0.4, 0.5) is 5.69 Å². The van der Waals surface area contributed by atoms with Crippen molar-refractivity contribution in [3.63, 3.8) is 0 Å². The first kappa shape index (κ1) is 15.9. The Bertz CT molecular complexity index is 490. The first-order valence-corrected chi connectivity index (χ1v) is 7.21. The highest BCUT2D eigenvalue weighted by Crippen LogP contribution is 2.34. The third-order valence-corrected chi connectivity index (χ3v) is 3.89. The maximum Gasteiger partial charge on any atom is 0.231 e. The van der Waals surface area contributed by atoms with E-state index in [0.29, 0.717) is 18.1 Å². The van der Waals surface area contributed by atoms with Crippen molar-refractivity contribution >= 4 is 24.0 Å². The minimum Gasteiger partial charge on any atom is -0.454 e. The molecule has 1 aromatic carbocycles. The molecule has 0 bridgehead atoms. The van der Waals surface area contributed by atoms with E-state index in [1.807, 2.05) is 18.2 Å². The zero-order valence-electron chi connectivity index (χ0n) is 11.9. The summed E-state index contributed by atoms with van der Waals surface area (Å²) < 4.78 is 10.5. The molecule has 6 heteroatoms. The number of nitrogens with one attached hydrogen (secondary N) is 2. The Morgan fingerprint density at radius 3 is 2.81 bits per heavy atom. The molecule has 0 saturated carbocycles. The molecule has 3 rings (SSSR count). The van der Waals surface area contributed by atoms with Crippen LogP contribution < -0.4 is 20.1 Å². The summed E-state index contributed by atoms with van der Waals surface area (Å²) in [5.41, 5.74) is 0.768. The van der Waals surface area contributed by atoms with Gasteiger partial charge in [-0.1, -0.05) is 0 Å². The molecule has 0 unspecified atom stereocenters. The van der Waals surface area contributed by atoms with Crippen LogP contribution in [0.3, 0.4) is 0 Å². The van der Waals surface area contributed by atoms with Crippen molar-refractivity contribution in [2.24, 2.45) is 5.92 Å². The smallest absolute Gasteiger partial charge is 0.231 e. The molecule has 2 heterocycles. The lowest BCUT2D eigenvalue weighted by atomic mass is 9.93. The Kier molecular flexibility index (Phi) is 5.70. The normalized spacial score (nSPS) is 17.1. The molecule has 21 heavy (non-hydrogen) atoms. The average molecular weight is 313 g/mol. The van der Waals surface area contributed by atoms with Crippen LogP contribution in [0.25, 0.3) is 0 Å². The third-order valence-electron chi connectivity index (χ3n) is 3.89. The second-order valence-electron chi connectivity index (χ2n) is 5.35. The van der Waals surface area contributed by atoms with Crippen LogP contribution in [0.5, 0.6) is 11.5 Å². The summed E-state index contributed by atoms with van der Waals surface area (Å²) in [5, 5.41) is 6.26. The van der Waals surface area contributed by atoms with Gasteiger partial charge in [0.2, 0.25) is 12.7 Å². The number of hydrogen-bond acceptors (Lipinski definition) is 4. The lowest BCUT2D eigenvalue weighted by Gasteiger charge is -2.22. The van der Waals surface area contributed by atoms with E-state index >= 15 is 0 Å². The zero-order valence-corrected chi connectivity index (χ0v) is 12.7. The van der Waals surface area contributed by atoms with Crippen LogP contribution >= 0.6 is 12.4 Å². The van der Waals surface area contributed by atoms with Gasteiger partial charge in [0.1, 0.15) is 0 Å². The van der Waals surface area contributed by atoms with E-state index in [9.17, 15) is 4.79 Å². The minimum atomic E-state index is 0. The van der Waals surface area contributed by atoms with Gasteiger partial charge in [-0.25, -0.2) is 0 Å². The van der Waals surface area contributed by atoms with Crippen LogP contribution in [0.2, 0.25) is 0 Å². The highest BCUT2D eigenvalue weighted by atomic mass is 35.5. The molecular weight excluding hydrogens is 292 g/mol. The summed E-state index contributed by atoms with van der Waals surface area (Å²) in [6.45, 7) is 2.41. The maximum atomic E-state index is 12.0. The minimum absolute atomic E-state index is 0. The van der Waals surface area contributed by atoms with Crippen LogP contribution in [-0.4, -0.2) is 25.8 Å². The first-order valence-electron chi connectivity index (χ1n) is 7.21. The van der Waals surface area contributed by atoms with Crippen molar-refractivity contribution in [1.82, 2.24) is 5.32 Å². The monoisotopic (exact) mass is 312 g/mol. The molecule has 1 aromatic rings. The van der Waals surface area contributed by atoms with E-state index in [1.54, 1.807) is 0 Å². The Morgan fingerprint density at radius 2 is 2.00 bits per heavy atom. The molecule has 2 N–H and O–H groups in total. The molecule has 5 nitrogen and oxygen atoms in total. The predicted molar refractivity (Wildman–Crippen MR) is 83.3 cm³/mol. The summed E-state index contributed by atoms with van der Waals surface area (Å²) in [6, 6.07) is 5.48. The fraction of sp³-hybridized carbons (Fsp3) is 0.533. The second-order valence-corrected chi connectivity index (χ2v) is 5.35. The number of fused-ring (bicyclic) bond motifs is 1. The number of anilines is 1. The average Bonchev–Trinajstić information content (AvgIpc) is 2.94. The summed E-state index contributed by atoms with van der Waals surface area (Å²) in [6.07, 6.45) is 3.91. The molecule has 2 aliphatic heterocycles. The largest absolute Gasteiger partial charge is 0.454 e. The number of ether oxygens (including phenoxy) is 2. The zero-order chi connectivity index (χ0) is 13.8. The lowest BCUT2D eigenvalue weighted by molar-refractivity contribution is -0.116. The van der Waals surface area contributed by atoms with Crippen molar-refractivity contribution < 1.29 is 14.3 Å². The summed E-state index contributed by atoms with van der Waals surface area (Å²) in [4.78, 5) is 12.0. The van der Waals surface area contributed by atoms with E-state index in [2.05, 4.69) is 10.6 Å². The van der Waals surface area contributed by atoms with Crippen molar-refractivity contribution in [2.45, 2.75) is 25.7 Å². The number of hydrogen-bond donors (Lipinski definition) is 2. The molecule has 1 amide bonds. The standard InChI is InChI=1S/C15H20N2O3.ClH/c18-15(4-1-11-5-7-16-8-6-11)17-12-2-3-13-14(9-12)20-10-19-13;/h2-3,9,11,16H,1,4-8,10H2,(H,17,18);1H. The van der Waals surface area contributed by atoms with Gasteiger partial charge in [0, 0.05) is 18.2 Å². The number of amides is 1. The van der Waals surface area contributed by atoms with Gasteiger partial charge in [0.05, 0.1) is 0 Å². The van der Waals surface area contributed by atoms with Gasteiger partial charge < -0.3 is 20.1 Å². The summed E-state index contributed by atoms with van der Waals surface area (Å²) >= 11 is 0. The molecular formula is C15H21ClN2O3. The molecule has 116 valence electrons. The molecule has 1 saturated heterocycles. The molecule has 0 aliphatic carbocycles. The Balaban J connectivity index is 0.00000161. The molecule has 0 spiro atoms. The van der Waals surface area contributed by atoms with Crippen molar-refractivity contribution in [1.29, 1.82) is 0 Å². The van der Waals surface area contributed by atoms with Gasteiger partial charge in [-0.05, 0) is 50.4 Å². The number of rotatable bonds is 4. The van der Waals surface area contributed by atoms with Crippen molar-refractivity contribution in [2.75, 3.05) is 25.2 Å². The molecule has 0 aromatic heterocycles. The van der Waals surface area contributed by atoms with Crippen molar-refractivity contribution in [3.05, 3.63) is 18.2 Å². The lowest BCUT2D eigenvalue weighted by Crippen LogP contribution is -2.28. The van der Waals surface area contributed by atoms with Gasteiger partial charge in [-0.2, -0.15) is 0 Å². The number of benzene rings is 1. The van der Waals surface area contributed by atoms with Crippen LogP contribution in [0, 0.1) is 5.92 Å². The van der Waals surface area contributed by atoms with Crippen LogP contribution in [0.15, 0.2) is 18.2 Å². The van der Waals surface area contributed by atoms with Gasteiger partial charge in [0.25, 0.3) is 0 Å². The van der Waals surface area contributed by atoms with E-state index in [0.717, 1.165) is 30.9 Å². The van der Waals surface area contributed by atoms with Crippen LogP contribution in [-0.2, 0) is 4.79 Å². The van der Waals surface area contributed by atoms with Gasteiger partial charge >= 0.3 is 0 Å². The van der Waals surface area contributed by atoms with Gasteiger partial charge in [-0.15, -0.1) is 12.4 Å². The number of piperidine rings is 1. The fourth-order valence-electron chi connectivity index (χ4n) is 2.70. The maximum absolute atomic E-state index is 12.0. The van der Waals surface area contributed by atoms with Crippen LogP contribution in [0.1, 0.15) is 25.7 Å². The SMILES string of the molecule is Cl.O=C(CCC1CCNCC1)Nc1ccc2c(c1)OCO2. The van der Waals surface area contributed by atoms with E-state index in [1.165, 1.54) is 12.8 Å². The quantitative estimate of drug-likeness (QED) is 0.897. The second kappa shape index (κ2) is 7.52. The Labute approximate surface area is 130 Å². The van der Waals surface area contributed by atoms with E-state index < -0.39 is 0 Å². The number of carbonyl (C=O) groups excluding carboxylic acids is 1. The molecule has 1 fully saturated rings. The fourth-order valence-corrected chi connectivity index (χ4v) is 2.70. The summed E-state index contributed by atoms with van der Waals surface area (Å²) in [7, 11) is 0. The van der Waals surface area contributed by atoms with E-state index in [4.69, 9.17) is 9.47 Å². The van der Waals surface area contributed by atoms with E-state index in [-0.39, 0.29) is 25.1 Å². The molecule has 0 atom stereocenters. The molecule has 0 radical (unpaired) electrons. The van der Waals surface area contributed by atoms with Gasteiger partial charge in [-0.3, -0.25) is 4.79 Å². The Hall–Kier alpha value is -1.46. The first-order chi connectivity index (χ1) is 9.81. The molecule has 2 aliphatic rings. The highest BCUT2D eigenvalue weighted by Gasteiger charge is 2.16. The predicted octanol–water partition coefficient (Wildman–Crippen LogP) is 2.56. The highest BCUT2D eigenvalue weighted by molar-refractivity contribution is 5.91. The summed E-state index contributed by atoms with van der Waals surface area (Å²) in [5.74, 6) is 2.18. The third kappa shape index (κ3) is 4.25. The van der Waals surface area contributed by atoms with Crippen molar-refractivity contribution in [3.8, 4) is 11.5 Å². The Morgan fingerprint density at radius 1 is 1.24 bits per heavy atom.